The SMILES string of the molecule is CC(C)N(CCNS(=O)(=O)c1ccc(N)nc1)C(C)C. The molecule has 20 heavy (non-hydrogen) atoms. The molecule has 0 amide bonds. The van der Waals surface area contributed by atoms with E-state index in [4.69, 9.17) is 5.73 Å². The number of nitrogen functional groups attached to an aromatic ring is 1. The number of nitrogens with zero attached hydrogens (tertiary/aromatic N) is 2. The first-order chi connectivity index (χ1) is 9.24. The molecule has 3 N–H and O–H groups in total. The topological polar surface area (TPSA) is 88.3 Å². The van der Waals surface area contributed by atoms with Crippen molar-refractivity contribution in [3.8, 4) is 0 Å². The molecule has 114 valence electrons. The van der Waals surface area contributed by atoms with Crippen LogP contribution in [0.25, 0.3) is 0 Å². The summed E-state index contributed by atoms with van der Waals surface area (Å²) in [6.07, 6.45) is 1.26. The van der Waals surface area contributed by atoms with Gasteiger partial charge in [-0.1, -0.05) is 0 Å². The van der Waals surface area contributed by atoms with Gasteiger partial charge < -0.3 is 5.73 Å². The lowest BCUT2D eigenvalue weighted by Gasteiger charge is -2.30. The molecule has 0 atom stereocenters. The number of nitrogens with one attached hydrogen (secondary N) is 1. The average molecular weight is 300 g/mol. The Balaban J connectivity index is 2.62. The number of pyridine rings is 1. The summed E-state index contributed by atoms with van der Waals surface area (Å²) < 4.78 is 26.7. The maximum Gasteiger partial charge on any atom is 0.242 e. The Kier molecular flexibility index (Phi) is 5.91. The van der Waals surface area contributed by atoms with Crippen molar-refractivity contribution in [1.29, 1.82) is 0 Å². The highest BCUT2D eigenvalue weighted by Gasteiger charge is 2.17. The van der Waals surface area contributed by atoms with E-state index in [9.17, 15) is 8.42 Å². The second-order valence-electron chi connectivity index (χ2n) is 5.24. The Morgan fingerprint density at radius 2 is 1.85 bits per heavy atom. The van der Waals surface area contributed by atoms with Crippen molar-refractivity contribution >= 4 is 15.8 Å². The van der Waals surface area contributed by atoms with Crippen LogP contribution in [0.5, 0.6) is 0 Å². The van der Waals surface area contributed by atoms with Crippen LogP contribution < -0.4 is 10.5 Å². The van der Waals surface area contributed by atoms with Gasteiger partial charge in [0.05, 0.1) is 0 Å². The summed E-state index contributed by atoms with van der Waals surface area (Å²) in [5.74, 6) is 0.301. The molecule has 0 aliphatic heterocycles. The summed E-state index contributed by atoms with van der Waals surface area (Å²) in [5.41, 5.74) is 5.44. The first-order valence-corrected chi connectivity index (χ1v) is 8.19. The fraction of sp³-hybridized carbons (Fsp3) is 0.615. The van der Waals surface area contributed by atoms with Crippen molar-refractivity contribution in [3.63, 3.8) is 0 Å². The van der Waals surface area contributed by atoms with E-state index < -0.39 is 10.0 Å². The van der Waals surface area contributed by atoms with Gasteiger partial charge in [0.2, 0.25) is 10.0 Å². The van der Waals surface area contributed by atoms with Crippen molar-refractivity contribution in [2.45, 2.75) is 44.7 Å². The summed E-state index contributed by atoms with van der Waals surface area (Å²) in [7, 11) is -3.52. The lowest BCUT2D eigenvalue weighted by molar-refractivity contribution is 0.179. The Labute approximate surface area is 121 Å². The van der Waals surface area contributed by atoms with Gasteiger partial charge in [0.15, 0.2) is 0 Å². The number of nitrogens with two attached hydrogens (primary N) is 1. The molecule has 0 saturated carbocycles. The molecule has 0 saturated heterocycles. The predicted octanol–water partition coefficient (Wildman–Crippen LogP) is 1.06. The minimum Gasteiger partial charge on any atom is -0.384 e. The Hall–Kier alpha value is -1.18. The molecule has 0 aromatic carbocycles. The first-order valence-electron chi connectivity index (χ1n) is 6.71. The average Bonchev–Trinajstić information content (AvgIpc) is 2.34. The molecule has 0 bridgehead atoms. The van der Waals surface area contributed by atoms with E-state index in [1.54, 1.807) is 0 Å². The second kappa shape index (κ2) is 7.01. The largest absolute Gasteiger partial charge is 0.384 e. The lowest BCUT2D eigenvalue weighted by atomic mass is 10.2. The van der Waals surface area contributed by atoms with Crippen molar-refractivity contribution in [2.24, 2.45) is 0 Å². The van der Waals surface area contributed by atoms with Crippen LogP contribution in [0.1, 0.15) is 27.7 Å². The molecular weight excluding hydrogens is 276 g/mol. The molecule has 7 heteroatoms. The monoisotopic (exact) mass is 300 g/mol. The summed E-state index contributed by atoms with van der Waals surface area (Å²) in [6, 6.07) is 3.67. The molecular formula is C13H24N4O2S. The third kappa shape index (κ3) is 4.73. The van der Waals surface area contributed by atoms with Crippen LogP contribution in [0.15, 0.2) is 23.2 Å². The van der Waals surface area contributed by atoms with Crippen LogP contribution in [0, 0.1) is 0 Å². The predicted molar refractivity (Wildman–Crippen MR) is 80.8 cm³/mol. The van der Waals surface area contributed by atoms with E-state index in [1.165, 1.54) is 18.3 Å². The third-order valence-corrected chi connectivity index (χ3v) is 4.50. The molecule has 6 nitrogen and oxygen atoms in total. The fourth-order valence-corrected chi connectivity index (χ4v) is 3.02. The van der Waals surface area contributed by atoms with Crippen LogP contribution in [0.3, 0.4) is 0 Å². The minimum atomic E-state index is -3.52. The zero-order valence-electron chi connectivity index (χ0n) is 12.5. The Morgan fingerprint density at radius 1 is 1.25 bits per heavy atom. The third-order valence-electron chi connectivity index (χ3n) is 3.06. The fourth-order valence-electron chi connectivity index (χ4n) is 2.06. The number of aromatic nitrogens is 1. The number of hydrogen-bond acceptors (Lipinski definition) is 5. The van der Waals surface area contributed by atoms with Gasteiger partial charge in [0.25, 0.3) is 0 Å². The van der Waals surface area contributed by atoms with Crippen LogP contribution in [-0.4, -0.2) is 43.5 Å². The van der Waals surface area contributed by atoms with Crippen LogP contribution in [-0.2, 0) is 10.0 Å². The molecule has 1 aromatic rings. The number of rotatable bonds is 7. The molecule has 1 rings (SSSR count). The quantitative estimate of drug-likeness (QED) is 0.786. The number of sulfonamides is 1. The first kappa shape index (κ1) is 16.9. The zero-order chi connectivity index (χ0) is 15.3. The normalized spacial score (nSPS) is 12.6. The molecule has 1 heterocycles. The van der Waals surface area contributed by atoms with Gasteiger partial charge in [-0.15, -0.1) is 0 Å². The van der Waals surface area contributed by atoms with E-state index in [2.05, 4.69) is 42.3 Å². The van der Waals surface area contributed by atoms with Crippen LogP contribution in [0.2, 0.25) is 0 Å². The van der Waals surface area contributed by atoms with E-state index in [-0.39, 0.29) is 4.90 Å². The lowest BCUT2D eigenvalue weighted by Crippen LogP contribution is -2.42. The van der Waals surface area contributed by atoms with E-state index in [0.29, 0.717) is 31.0 Å². The van der Waals surface area contributed by atoms with E-state index in [1.807, 2.05) is 0 Å². The second-order valence-corrected chi connectivity index (χ2v) is 7.01. The molecule has 1 aromatic heterocycles. The molecule has 0 fully saturated rings. The van der Waals surface area contributed by atoms with Gasteiger partial charge in [-0.05, 0) is 39.8 Å². The molecule has 0 spiro atoms. The summed E-state index contributed by atoms with van der Waals surface area (Å²) in [5, 5.41) is 0. The molecule has 0 radical (unpaired) electrons. The zero-order valence-corrected chi connectivity index (χ0v) is 13.3. The van der Waals surface area contributed by atoms with Crippen LogP contribution in [0.4, 0.5) is 5.82 Å². The number of hydrogen-bond donors (Lipinski definition) is 2. The maximum absolute atomic E-state index is 12.1. The summed E-state index contributed by atoms with van der Waals surface area (Å²) in [6.45, 7) is 9.41. The summed E-state index contributed by atoms with van der Waals surface area (Å²) in [4.78, 5) is 6.15. The highest BCUT2D eigenvalue weighted by Crippen LogP contribution is 2.09. The molecule has 0 unspecified atom stereocenters. The van der Waals surface area contributed by atoms with E-state index >= 15 is 0 Å². The van der Waals surface area contributed by atoms with Gasteiger partial charge >= 0.3 is 0 Å². The van der Waals surface area contributed by atoms with Crippen molar-refractivity contribution in [3.05, 3.63) is 18.3 Å². The van der Waals surface area contributed by atoms with Gasteiger partial charge in [-0.25, -0.2) is 18.1 Å². The Bertz CT molecular complexity index is 504. The molecule has 0 aliphatic rings. The highest BCUT2D eigenvalue weighted by molar-refractivity contribution is 7.89. The van der Waals surface area contributed by atoms with Crippen molar-refractivity contribution < 1.29 is 8.42 Å². The van der Waals surface area contributed by atoms with Crippen molar-refractivity contribution in [2.75, 3.05) is 18.8 Å². The smallest absolute Gasteiger partial charge is 0.242 e. The molecule has 0 aliphatic carbocycles. The maximum atomic E-state index is 12.1. The number of anilines is 1. The van der Waals surface area contributed by atoms with Gasteiger partial charge in [0, 0.05) is 31.4 Å². The Morgan fingerprint density at radius 3 is 2.30 bits per heavy atom. The van der Waals surface area contributed by atoms with Gasteiger partial charge in [-0.2, -0.15) is 0 Å². The van der Waals surface area contributed by atoms with Crippen LogP contribution >= 0.6 is 0 Å². The standard InChI is InChI=1S/C13H24N4O2S/c1-10(2)17(11(3)4)8-7-16-20(18,19)12-5-6-13(14)15-9-12/h5-6,9-11,16H,7-8H2,1-4H3,(H2,14,15). The highest BCUT2D eigenvalue weighted by atomic mass is 32.2. The van der Waals surface area contributed by atoms with Gasteiger partial charge in [-0.3, -0.25) is 4.90 Å². The van der Waals surface area contributed by atoms with Gasteiger partial charge in [0.1, 0.15) is 10.7 Å². The van der Waals surface area contributed by atoms with Crippen molar-refractivity contribution in [1.82, 2.24) is 14.6 Å². The summed E-state index contributed by atoms with van der Waals surface area (Å²) >= 11 is 0. The minimum absolute atomic E-state index is 0.132. The van der Waals surface area contributed by atoms with E-state index in [0.717, 1.165) is 0 Å².